The Kier molecular flexibility index (Phi) is 24.5. The maximum Gasteiger partial charge on any atom is 0.0912 e. The molecule has 0 spiro atoms. The Bertz CT molecular complexity index is 456. The average molecular weight is 538 g/mol. The quantitative estimate of drug-likeness (QED) is 0.0562. The summed E-state index contributed by atoms with van der Waals surface area (Å²) in [5.74, 6) is 0. The minimum absolute atomic E-state index is 0.0431. The van der Waals surface area contributed by atoms with Gasteiger partial charge in [-0.3, -0.25) is 9.80 Å². The Balaban J connectivity index is 6.34. The van der Waals surface area contributed by atoms with Crippen LogP contribution in [0, 0.1) is 0 Å². The molecule has 0 N–H and O–H groups in total. The van der Waals surface area contributed by atoms with Crippen molar-refractivity contribution >= 4 is 10.2 Å². The third-order valence-electron chi connectivity index (χ3n) is 8.35. The van der Waals surface area contributed by atoms with Crippen molar-refractivity contribution in [3.05, 3.63) is 12.3 Å². The van der Waals surface area contributed by atoms with E-state index in [0.29, 0.717) is 0 Å². The number of hydrogen-bond donors (Lipinski definition) is 0. The third-order valence-corrected chi connectivity index (χ3v) is 10.2. The molecule has 0 aromatic rings. The van der Waals surface area contributed by atoms with E-state index in [1.807, 2.05) is 0 Å². The highest BCUT2D eigenvalue weighted by atomic mass is 28.1. The Morgan fingerprint density at radius 1 is 0.459 bits per heavy atom. The van der Waals surface area contributed by atoms with Crippen LogP contribution in [0.1, 0.15) is 157 Å². The summed E-state index contributed by atoms with van der Waals surface area (Å²) >= 11 is 0. The molecule has 0 unspecified atom stereocenters. The van der Waals surface area contributed by atoms with Crippen LogP contribution in [0.3, 0.4) is 0 Å². The maximum atomic E-state index is 5.02. The Hall–Kier alpha value is -0.323. The van der Waals surface area contributed by atoms with E-state index in [2.05, 4.69) is 56.2 Å². The first-order valence-electron chi connectivity index (χ1n) is 16.9. The molecule has 0 aliphatic heterocycles. The van der Waals surface area contributed by atoms with Crippen LogP contribution < -0.4 is 0 Å². The fourth-order valence-corrected chi connectivity index (χ4v) is 6.87. The molecule has 0 saturated carbocycles. The molecule has 0 aliphatic rings. The highest BCUT2D eigenvalue weighted by molar-refractivity contribution is 6.17. The molecule has 222 valence electrons. The summed E-state index contributed by atoms with van der Waals surface area (Å²) in [6, 6.07) is 0. The molecule has 0 bridgehead atoms. The molecule has 0 aliphatic carbocycles. The fourth-order valence-electron chi connectivity index (χ4n) is 5.66. The second kappa shape index (κ2) is 24.7. The van der Waals surface area contributed by atoms with Crippen LogP contribution in [0.5, 0.6) is 0 Å². The van der Waals surface area contributed by atoms with Gasteiger partial charge in [-0.2, -0.15) is 0 Å². The molecule has 0 atom stereocenters. The lowest BCUT2D eigenvalue weighted by atomic mass is 10.1. The molecule has 4 heteroatoms. The molecule has 3 nitrogen and oxygen atoms in total. The van der Waals surface area contributed by atoms with Gasteiger partial charge in [0.2, 0.25) is 0 Å². The van der Waals surface area contributed by atoms with E-state index < -0.39 is 0 Å². The van der Waals surface area contributed by atoms with Crippen LogP contribution in [0.2, 0.25) is 0 Å². The van der Waals surface area contributed by atoms with Gasteiger partial charge in [0, 0.05) is 18.8 Å². The van der Waals surface area contributed by atoms with Crippen molar-refractivity contribution in [3.8, 4) is 0 Å². The van der Waals surface area contributed by atoms with Gasteiger partial charge in [-0.05, 0) is 64.7 Å². The smallest absolute Gasteiger partial charge is 0.0912 e. The van der Waals surface area contributed by atoms with E-state index in [1.165, 1.54) is 161 Å². The molecule has 0 fully saturated rings. The highest BCUT2D eigenvalue weighted by Crippen LogP contribution is 2.31. The van der Waals surface area contributed by atoms with Crippen molar-refractivity contribution in [1.29, 1.82) is 0 Å². The number of unbranched alkanes of at least 4 members (excludes halogenated alkanes) is 12. The van der Waals surface area contributed by atoms with Crippen molar-refractivity contribution < 1.29 is 0 Å². The van der Waals surface area contributed by atoms with E-state index >= 15 is 0 Å². The van der Waals surface area contributed by atoms with Gasteiger partial charge in [0.1, 0.15) is 0 Å². The Morgan fingerprint density at radius 3 is 0.946 bits per heavy atom. The minimum Gasteiger partial charge on any atom is -0.373 e. The van der Waals surface area contributed by atoms with Crippen LogP contribution in [-0.2, 0) is 0 Å². The summed E-state index contributed by atoms with van der Waals surface area (Å²) in [4.78, 5) is 8.65. The van der Waals surface area contributed by atoms with E-state index in [1.54, 1.807) is 0 Å². The van der Waals surface area contributed by atoms with E-state index in [4.69, 9.17) is 6.58 Å². The van der Waals surface area contributed by atoms with Gasteiger partial charge in [0.25, 0.3) is 0 Å². The van der Waals surface area contributed by atoms with Gasteiger partial charge >= 0.3 is 0 Å². The summed E-state index contributed by atoms with van der Waals surface area (Å²) in [6.07, 6.45) is 23.7. The lowest BCUT2D eigenvalue weighted by molar-refractivity contribution is 0.00661. The molecule has 0 saturated heterocycles. The summed E-state index contributed by atoms with van der Waals surface area (Å²) in [6.45, 7) is 26.4. The number of rotatable bonds is 28. The molecule has 0 radical (unpaired) electrons. The zero-order valence-corrected chi connectivity index (χ0v) is 29.0. The van der Waals surface area contributed by atoms with Crippen LogP contribution >= 0.6 is 0 Å². The molecular weight excluding hydrogens is 466 g/mol. The van der Waals surface area contributed by atoms with Crippen molar-refractivity contribution in [2.24, 2.45) is 0 Å². The second-order valence-corrected chi connectivity index (χ2v) is 13.1. The van der Waals surface area contributed by atoms with E-state index in [9.17, 15) is 0 Å². The lowest BCUT2D eigenvalue weighted by Gasteiger charge is -2.53. The molecule has 0 amide bonds. The SMILES string of the molecule is C=C(N(CCCCC)CCCCC)C([SiH3])(N(CCCCC)CCCCC)N(CCCCC)CCCCC. The predicted molar refractivity (Wildman–Crippen MR) is 174 cm³/mol. The Labute approximate surface area is 238 Å². The zero-order valence-electron chi connectivity index (χ0n) is 27.0. The monoisotopic (exact) mass is 538 g/mol. The van der Waals surface area contributed by atoms with Crippen molar-refractivity contribution in [2.45, 2.75) is 162 Å². The summed E-state index contributed by atoms with van der Waals surface area (Å²) in [5, 5.41) is 0.0431. The van der Waals surface area contributed by atoms with E-state index in [0.717, 1.165) is 10.2 Å². The van der Waals surface area contributed by atoms with Gasteiger partial charge in [-0.25, -0.2) is 0 Å². The molecule has 0 aromatic carbocycles. The zero-order chi connectivity index (χ0) is 27.8. The minimum atomic E-state index is 0.0431. The van der Waals surface area contributed by atoms with Crippen LogP contribution in [0.15, 0.2) is 12.3 Å². The molecule has 0 heterocycles. The van der Waals surface area contributed by atoms with E-state index in [-0.39, 0.29) is 5.29 Å². The highest BCUT2D eigenvalue weighted by Gasteiger charge is 2.41. The predicted octanol–water partition coefficient (Wildman–Crippen LogP) is 8.57. The molecule has 0 aromatic heterocycles. The first kappa shape index (κ1) is 36.7. The second-order valence-electron chi connectivity index (χ2n) is 11.7. The largest absolute Gasteiger partial charge is 0.373 e. The lowest BCUT2D eigenvalue weighted by Crippen LogP contribution is -2.65. The van der Waals surface area contributed by atoms with Gasteiger partial charge in [0.05, 0.1) is 15.5 Å². The van der Waals surface area contributed by atoms with Crippen molar-refractivity contribution in [3.63, 3.8) is 0 Å². The van der Waals surface area contributed by atoms with Crippen molar-refractivity contribution in [2.75, 3.05) is 39.3 Å². The fraction of sp³-hybridized carbons (Fsp3) is 0.939. The van der Waals surface area contributed by atoms with Gasteiger partial charge in [-0.15, -0.1) is 0 Å². The van der Waals surface area contributed by atoms with Crippen LogP contribution in [0.4, 0.5) is 0 Å². The summed E-state index contributed by atoms with van der Waals surface area (Å²) in [7, 11) is 1.12. The molecular formula is C33H71N3Si. The van der Waals surface area contributed by atoms with Gasteiger partial charge < -0.3 is 4.90 Å². The number of hydrogen-bond acceptors (Lipinski definition) is 3. The van der Waals surface area contributed by atoms with Crippen molar-refractivity contribution in [1.82, 2.24) is 14.7 Å². The first-order chi connectivity index (χ1) is 18.0. The van der Waals surface area contributed by atoms with Gasteiger partial charge in [-0.1, -0.05) is 125 Å². The van der Waals surface area contributed by atoms with Crippen LogP contribution in [-0.4, -0.2) is 69.5 Å². The normalized spacial score (nSPS) is 12.2. The topological polar surface area (TPSA) is 9.72 Å². The third kappa shape index (κ3) is 15.2. The van der Waals surface area contributed by atoms with Crippen LogP contribution in [0.25, 0.3) is 0 Å². The van der Waals surface area contributed by atoms with Gasteiger partial charge in [0.15, 0.2) is 0 Å². The summed E-state index contributed by atoms with van der Waals surface area (Å²) < 4.78 is 0. The molecule has 0 rings (SSSR count). The summed E-state index contributed by atoms with van der Waals surface area (Å²) in [5.41, 5.74) is 1.45. The molecule has 37 heavy (non-hydrogen) atoms. The maximum absolute atomic E-state index is 5.02. The standard InChI is InChI=1S/C33H71N3Si/c1-8-14-20-26-34(27-21-15-9-2)32(7)33(37,35(28-22-16-10-3)29-23-17-11-4)36(30-24-18-12-5)31-25-19-13-6/h7-31H2,1-6,37H3. The number of nitrogens with zero attached hydrogens (tertiary/aromatic N) is 3. The first-order valence-corrected chi connectivity index (χ1v) is 17.9. The Morgan fingerprint density at radius 2 is 0.703 bits per heavy atom. The average Bonchev–Trinajstić information content (AvgIpc) is 2.90.